The lowest BCUT2D eigenvalue weighted by molar-refractivity contribution is 0.0766. The fraction of sp³-hybridized carbons (Fsp3) is 0.286. The summed E-state index contributed by atoms with van der Waals surface area (Å²) in [5, 5.41) is 9.18. The zero-order valence-electron chi connectivity index (χ0n) is 14.8. The molecule has 132 valence electrons. The predicted molar refractivity (Wildman–Crippen MR) is 100 cm³/mol. The number of hydrogen-bond donors (Lipinski definition) is 0. The average Bonchev–Trinajstić information content (AvgIpc) is 2.93. The monoisotopic (exact) mass is 347 g/mol. The van der Waals surface area contributed by atoms with Gasteiger partial charge in [0.1, 0.15) is 0 Å². The highest BCUT2D eigenvalue weighted by atomic mass is 16.2. The molecule has 5 heteroatoms. The summed E-state index contributed by atoms with van der Waals surface area (Å²) in [7, 11) is 0. The van der Waals surface area contributed by atoms with E-state index in [9.17, 15) is 14.9 Å². The smallest absolute Gasteiger partial charge is 0.253 e. The van der Waals surface area contributed by atoms with Crippen LogP contribution in [-0.2, 0) is 0 Å². The Morgan fingerprint density at radius 1 is 1.00 bits per heavy atom. The molecule has 1 aliphatic heterocycles. The van der Waals surface area contributed by atoms with Crippen LogP contribution in [0.4, 0.5) is 5.69 Å². The lowest BCUT2D eigenvalue weighted by Crippen LogP contribution is -2.35. The van der Waals surface area contributed by atoms with Crippen LogP contribution in [0.2, 0.25) is 0 Å². The van der Waals surface area contributed by atoms with Gasteiger partial charge >= 0.3 is 0 Å². The van der Waals surface area contributed by atoms with Crippen molar-refractivity contribution < 1.29 is 9.59 Å². The summed E-state index contributed by atoms with van der Waals surface area (Å²) in [5.41, 5.74) is 2.63. The molecule has 0 spiro atoms. The van der Waals surface area contributed by atoms with Crippen molar-refractivity contribution in [1.82, 2.24) is 4.90 Å². The van der Waals surface area contributed by atoms with E-state index in [1.54, 1.807) is 18.2 Å². The summed E-state index contributed by atoms with van der Waals surface area (Å²) in [5.74, 6) is 0.0102. The van der Waals surface area contributed by atoms with Crippen molar-refractivity contribution in [2.75, 3.05) is 31.1 Å². The Kier molecular flexibility index (Phi) is 5.33. The average molecular weight is 347 g/mol. The summed E-state index contributed by atoms with van der Waals surface area (Å²) in [6.07, 6.45) is 0.812. The van der Waals surface area contributed by atoms with Gasteiger partial charge in [0.25, 0.3) is 5.91 Å². The molecule has 0 bridgehead atoms. The first kappa shape index (κ1) is 17.7. The van der Waals surface area contributed by atoms with E-state index in [2.05, 4.69) is 11.0 Å². The van der Waals surface area contributed by atoms with Gasteiger partial charge in [0.2, 0.25) is 0 Å². The molecule has 1 aliphatic rings. The number of nitrogens with zero attached hydrogens (tertiary/aromatic N) is 3. The molecular weight excluding hydrogens is 326 g/mol. The SMILES string of the molecule is CC(=O)c1ccc(C#N)cc1N1CCCN(C(=O)c2ccccc2)CC1. The van der Waals surface area contributed by atoms with Crippen LogP contribution in [0.5, 0.6) is 0 Å². The van der Waals surface area contributed by atoms with Crippen molar-refractivity contribution in [3.63, 3.8) is 0 Å². The Labute approximate surface area is 153 Å². The molecule has 2 aromatic rings. The summed E-state index contributed by atoms with van der Waals surface area (Å²) >= 11 is 0. The predicted octanol–water partition coefficient (Wildman–Crippen LogP) is 3.11. The van der Waals surface area contributed by atoms with Gasteiger partial charge in [-0.15, -0.1) is 0 Å². The lowest BCUT2D eigenvalue weighted by atomic mass is 10.1. The van der Waals surface area contributed by atoms with E-state index in [1.165, 1.54) is 6.92 Å². The van der Waals surface area contributed by atoms with Gasteiger partial charge in [-0.25, -0.2) is 0 Å². The van der Waals surface area contributed by atoms with Crippen LogP contribution >= 0.6 is 0 Å². The molecule has 0 saturated carbocycles. The molecule has 1 amide bonds. The van der Waals surface area contributed by atoms with Gasteiger partial charge in [-0.3, -0.25) is 9.59 Å². The zero-order chi connectivity index (χ0) is 18.5. The van der Waals surface area contributed by atoms with Crippen LogP contribution in [0, 0.1) is 11.3 Å². The fourth-order valence-electron chi connectivity index (χ4n) is 3.29. The normalized spacial score (nSPS) is 14.5. The maximum absolute atomic E-state index is 12.7. The van der Waals surface area contributed by atoms with E-state index >= 15 is 0 Å². The molecule has 1 saturated heterocycles. The van der Waals surface area contributed by atoms with Crippen LogP contribution in [0.3, 0.4) is 0 Å². The van der Waals surface area contributed by atoms with Crippen molar-refractivity contribution in [3.8, 4) is 6.07 Å². The van der Waals surface area contributed by atoms with Crippen molar-refractivity contribution in [3.05, 3.63) is 65.2 Å². The highest BCUT2D eigenvalue weighted by Gasteiger charge is 2.22. The minimum Gasteiger partial charge on any atom is -0.369 e. The van der Waals surface area contributed by atoms with Crippen molar-refractivity contribution in [1.29, 1.82) is 5.26 Å². The van der Waals surface area contributed by atoms with Crippen molar-refractivity contribution >= 4 is 17.4 Å². The molecule has 0 aliphatic carbocycles. The quantitative estimate of drug-likeness (QED) is 0.800. The molecule has 26 heavy (non-hydrogen) atoms. The number of anilines is 1. The van der Waals surface area contributed by atoms with Gasteiger partial charge in [-0.05, 0) is 43.7 Å². The van der Waals surface area contributed by atoms with Crippen LogP contribution in [0.15, 0.2) is 48.5 Å². The van der Waals surface area contributed by atoms with E-state index in [1.807, 2.05) is 35.2 Å². The fourth-order valence-corrected chi connectivity index (χ4v) is 3.29. The number of Topliss-reactive ketones (excluding diaryl/α,β-unsaturated/α-hetero) is 1. The van der Waals surface area contributed by atoms with Crippen LogP contribution in [0.25, 0.3) is 0 Å². The minimum atomic E-state index is -0.0223. The van der Waals surface area contributed by atoms with Gasteiger partial charge < -0.3 is 9.80 Å². The molecule has 0 unspecified atom stereocenters. The second kappa shape index (κ2) is 7.83. The molecule has 0 aromatic heterocycles. The van der Waals surface area contributed by atoms with E-state index < -0.39 is 0 Å². The molecule has 1 heterocycles. The Morgan fingerprint density at radius 2 is 1.77 bits per heavy atom. The second-order valence-corrected chi connectivity index (χ2v) is 6.40. The molecule has 5 nitrogen and oxygen atoms in total. The summed E-state index contributed by atoms with van der Waals surface area (Å²) < 4.78 is 0. The van der Waals surface area contributed by atoms with Gasteiger partial charge in [-0.1, -0.05) is 18.2 Å². The standard InChI is InChI=1S/C21H21N3O2/c1-16(25)19-9-8-17(15-22)14-20(19)23-10-5-11-24(13-12-23)21(26)18-6-3-2-4-7-18/h2-4,6-9,14H,5,10-13H2,1H3. The van der Waals surface area contributed by atoms with Gasteiger partial charge in [-0.2, -0.15) is 5.26 Å². The Morgan fingerprint density at radius 3 is 2.46 bits per heavy atom. The molecule has 0 radical (unpaired) electrons. The van der Waals surface area contributed by atoms with Crippen molar-refractivity contribution in [2.24, 2.45) is 0 Å². The van der Waals surface area contributed by atoms with Crippen LogP contribution in [-0.4, -0.2) is 42.8 Å². The Bertz CT molecular complexity index is 855. The van der Waals surface area contributed by atoms with E-state index in [4.69, 9.17) is 0 Å². The van der Waals surface area contributed by atoms with E-state index in [-0.39, 0.29) is 11.7 Å². The van der Waals surface area contributed by atoms with E-state index in [0.717, 1.165) is 18.7 Å². The molecule has 1 fully saturated rings. The molecular formula is C21H21N3O2. The first-order valence-electron chi connectivity index (χ1n) is 8.74. The van der Waals surface area contributed by atoms with Crippen LogP contribution in [0.1, 0.15) is 39.6 Å². The van der Waals surface area contributed by atoms with Gasteiger partial charge in [0, 0.05) is 43.0 Å². The number of ketones is 1. The van der Waals surface area contributed by atoms with E-state index in [0.29, 0.717) is 36.3 Å². The zero-order valence-corrected chi connectivity index (χ0v) is 14.8. The first-order valence-corrected chi connectivity index (χ1v) is 8.74. The summed E-state index contributed by atoms with van der Waals surface area (Å²) in [6, 6.07) is 16.6. The summed E-state index contributed by atoms with van der Waals surface area (Å²) in [6.45, 7) is 4.18. The number of carbonyl (C=O) groups is 2. The highest BCUT2D eigenvalue weighted by molar-refractivity contribution is 6.00. The van der Waals surface area contributed by atoms with Gasteiger partial charge in [0.05, 0.1) is 11.6 Å². The topological polar surface area (TPSA) is 64.4 Å². The molecule has 0 atom stereocenters. The third kappa shape index (κ3) is 3.75. The molecule has 2 aromatic carbocycles. The third-order valence-electron chi connectivity index (χ3n) is 4.65. The Hall–Kier alpha value is -3.13. The third-order valence-corrected chi connectivity index (χ3v) is 4.65. The molecule has 0 N–H and O–H groups in total. The number of hydrogen-bond acceptors (Lipinski definition) is 4. The first-order chi connectivity index (χ1) is 12.6. The van der Waals surface area contributed by atoms with Crippen molar-refractivity contribution in [2.45, 2.75) is 13.3 Å². The van der Waals surface area contributed by atoms with Crippen LogP contribution < -0.4 is 4.90 Å². The minimum absolute atomic E-state index is 0.0223. The lowest BCUT2D eigenvalue weighted by Gasteiger charge is -2.25. The summed E-state index contributed by atoms with van der Waals surface area (Å²) in [4.78, 5) is 28.6. The molecule has 3 rings (SSSR count). The number of benzene rings is 2. The number of rotatable bonds is 3. The number of amides is 1. The van der Waals surface area contributed by atoms with Gasteiger partial charge in [0.15, 0.2) is 5.78 Å². The Balaban J connectivity index is 1.80. The largest absolute Gasteiger partial charge is 0.369 e. The second-order valence-electron chi connectivity index (χ2n) is 6.40. The highest BCUT2D eigenvalue weighted by Crippen LogP contribution is 2.24. The number of carbonyl (C=O) groups excluding carboxylic acids is 2. The maximum Gasteiger partial charge on any atom is 0.253 e. The maximum atomic E-state index is 12.7. The number of nitriles is 1.